The van der Waals surface area contributed by atoms with Gasteiger partial charge in [-0.3, -0.25) is 4.79 Å². The van der Waals surface area contributed by atoms with Crippen molar-refractivity contribution in [1.82, 2.24) is 9.36 Å². The number of carbonyl (C=O) groups excluding carboxylic acids is 1. The average molecular weight is 272 g/mol. The number of nitrogens with zero attached hydrogens (tertiary/aromatic N) is 4. The molecule has 0 bridgehead atoms. The summed E-state index contributed by atoms with van der Waals surface area (Å²) in [7, 11) is 0. The number of aryl methyl sites for hydroxylation is 1. The number of azo groups is 1. The smallest absolute Gasteiger partial charge is 0.249 e. The van der Waals surface area contributed by atoms with Crippen LogP contribution in [0.25, 0.3) is 5.76 Å². The Morgan fingerprint density at radius 1 is 1.21 bits per heavy atom. The van der Waals surface area contributed by atoms with E-state index in [1.807, 2.05) is 0 Å². The van der Waals surface area contributed by atoms with Gasteiger partial charge in [-0.15, -0.1) is 10.2 Å². The van der Waals surface area contributed by atoms with Crippen LogP contribution in [0.1, 0.15) is 21.7 Å². The molecule has 0 radical (unpaired) electrons. The molecule has 19 heavy (non-hydrogen) atoms. The van der Waals surface area contributed by atoms with Crippen molar-refractivity contribution in [3.05, 3.63) is 46.9 Å². The van der Waals surface area contributed by atoms with E-state index in [2.05, 4.69) is 19.6 Å². The Bertz CT molecular complexity index is 733. The first-order valence-corrected chi connectivity index (χ1v) is 6.23. The Balaban J connectivity index is 1.97. The number of Topliss-reactive ketones (excluding diaryl/α,β-unsaturated/α-hetero) is 1. The molecule has 0 saturated heterocycles. The standard InChI is InChI=1S/C12H8N4O2S/c1-6-13-12(19-16-6)15-14-9-10(17)7-4-2-3-5-8(7)11(9)18/h2-5,17H,1H3/b15-14+. The summed E-state index contributed by atoms with van der Waals surface area (Å²) in [4.78, 5) is 16.0. The van der Waals surface area contributed by atoms with Crippen molar-refractivity contribution in [2.45, 2.75) is 6.92 Å². The fourth-order valence-electron chi connectivity index (χ4n) is 1.76. The maximum Gasteiger partial charge on any atom is 0.249 e. The van der Waals surface area contributed by atoms with Gasteiger partial charge in [-0.2, -0.15) is 4.37 Å². The van der Waals surface area contributed by atoms with Crippen molar-refractivity contribution < 1.29 is 9.90 Å². The SMILES string of the molecule is Cc1nsc(/N=N/C2=C(O)c3ccccc3C2=O)n1. The molecule has 0 amide bonds. The highest BCUT2D eigenvalue weighted by atomic mass is 32.1. The van der Waals surface area contributed by atoms with Crippen molar-refractivity contribution in [2.24, 2.45) is 10.2 Å². The first-order valence-electron chi connectivity index (χ1n) is 5.46. The number of hydrogen-bond donors (Lipinski definition) is 1. The molecule has 94 valence electrons. The summed E-state index contributed by atoms with van der Waals surface area (Å²) >= 11 is 1.08. The fourth-order valence-corrected chi connectivity index (χ4v) is 2.27. The molecule has 0 atom stereocenters. The number of fused-ring (bicyclic) bond motifs is 1. The Morgan fingerprint density at radius 2 is 1.95 bits per heavy atom. The van der Waals surface area contributed by atoms with E-state index in [1.165, 1.54) is 0 Å². The van der Waals surface area contributed by atoms with E-state index in [4.69, 9.17) is 0 Å². The summed E-state index contributed by atoms with van der Waals surface area (Å²) in [5.74, 6) is 0.113. The number of aliphatic hydroxyl groups excluding tert-OH is 1. The molecule has 1 aromatic carbocycles. The molecule has 0 unspecified atom stereocenters. The van der Waals surface area contributed by atoms with Crippen LogP contribution >= 0.6 is 11.5 Å². The summed E-state index contributed by atoms with van der Waals surface area (Å²) in [5.41, 5.74) is 0.853. The van der Waals surface area contributed by atoms with Gasteiger partial charge < -0.3 is 5.11 Å². The minimum Gasteiger partial charge on any atom is -0.505 e. The van der Waals surface area contributed by atoms with Crippen LogP contribution in [0.4, 0.5) is 5.13 Å². The van der Waals surface area contributed by atoms with Crippen LogP contribution < -0.4 is 0 Å². The van der Waals surface area contributed by atoms with Gasteiger partial charge in [-0.05, 0) is 6.92 Å². The third-order valence-corrected chi connectivity index (χ3v) is 3.31. The molecular formula is C12H8N4O2S. The van der Waals surface area contributed by atoms with Gasteiger partial charge >= 0.3 is 0 Å². The summed E-state index contributed by atoms with van der Waals surface area (Å²) < 4.78 is 3.95. The summed E-state index contributed by atoms with van der Waals surface area (Å²) in [6, 6.07) is 6.79. The third-order valence-electron chi connectivity index (χ3n) is 2.62. The highest BCUT2D eigenvalue weighted by Crippen LogP contribution is 2.32. The van der Waals surface area contributed by atoms with Crippen molar-refractivity contribution >= 4 is 28.2 Å². The zero-order chi connectivity index (χ0) is 13.4. The molecule has 1 aliphatic rings. The van der Waals surface area contributed by atoms with Crippen LogP contribution in [0.15, 0.2) is 40.2 Å². The molecule has 0 spiro atoms. The highest BCUT2D eigenvalue weighted by Gasteiger charge is 2.29. The van der Waals surface area contributed by atoms with Crippen molar-refractivity contribution in [3.63, 3.8) is 0 Å². The molecule has 0 fully saturated rings. The van der Waals surface area contributed by atoms with E-state index in [1.54, 1.807) is 31.2 Å². The van der Waals surface area contributed by atoms with E-state index in [0.29, 0.717) is 22.1 Å². The molecule has 6 nitrogen and oxygen atoms in total. The van der Waals surface area contributed by atoms with E-state index in [9.17, 15) is 9.90 Å². The van der Waals surface area contributed by atoms with Gasteiger partial charge in [-0.25, -0.2) is 4.98 Å². The third kappa shape index (κ3) is 1.93. The van der Waals surface area contributed by atoms with Gasteiger partial charge in [0.2, 0.25) is 10.9 Å². The number of carbonyl (C=O) groups is 1. The van der Waals surface area contributed by atoms with E-state index in [0.717, 1.165) is 11.5 Å². The summed E-state index contributed by atoms with van der Waals surface area (Å²) in [5, 5.41) is 17.9. The molecule has 1 N–H and O–H groups in total. The number of ketones is 1. The Hall–Kier alpha value is -2.41. The predicted molar refractivity (Wildman–Crippen MR) is 69.5 cm³/mol. The second kappa shape index (κ2) is 4.36. The molecule has 1 aromatic heterocycles. The van der Waals surface area contributed by atoms with Crippen LogP contribution in [-0.2, 0) is 0 Å². The number of rotatable bonds is 2. The van der Waals surface area contributed by atoms with Crippen LogP contribution in [-0.4, -0.2) is 20.2 Å². The van der Waals surface area contributed by atoms with Crippen LogP contribution in [0, 0.1) is 6.92 Å². The first-order chi connectivity index (χ1) is 9.16. The van der Waals surface area contributed by atoms with Crippen LogP contribution in [0.3, 0.4) is 0 Å². The summed E-state index contributed by atoms with van der Waals surface area (Å²) in [6.45, 7) is 1.74. The molecule has 0 saturated carbocycles. The van der Waals surface area contributed by atoms with Crippen molar-refractivity contribution in [2.75, 3.05) is 0 Å². The summed E-state index contributed by atoms with van der Waals surface area (Å²) in [6.07, 6.45) is 0. The largest absolute Gasteiger partial charge is 0.505 e. The lowest BCUT2D eigenvalue weighted by Gasteiger charge is -1.94. The van der Waals surface area contributed by atoms with Gasteiger partial charge in [0.05, 0.1) is 0 Å². The number of hydrogen-bond acceptors (Lipinski definition) is 7. The second-order valence-electron chi connectivity index (χ2n) is 3.90. The van der Waals surface area contributed by atoms with Gasteiger partial charge in [0.1, 0.15) is 5.82 Å². The lowest BCUT2D eigenvalue weighted by Crippen LogP contribution is -1.95. The zero-order valence-corrected chi connectivity index (χ0v) is 10.7. The van der Waals surface area contributed by atoms with E-state index < -0.39 is 0 Å². The maximum atomic E-state index is 12.0. The Labute approximate surface area is 112 Å². The van der Waals surface area contributed by atoms with E-state index in [-0.39, 0.29) is 17.2 Å². The average Bonchev–Trinajstić information content (AvgIpc) is 2.93. The number of benzene rings is 1. The predicted octanol–water partition coefficient (Wildman–Crippen LogP) is 3.05. The maximum absolute atomic E-state index is 12.0. The zero-order valence-electron chi connectivity index (χ0n) is 9.86. The van der Waals surface area contributed by atoms with Gasteiger partial charge in [0.15, 0.2) is 11.5 Å². The van der Waals surface area contributed by atoms with E-state index >= 15 is 0 Å². The van der Waals surface area contributed by atoms with Crippen molar-refractivity contribution in [3.8, 4) is 0 Å². The Kier molecular flexibility index (Phi) is 2.68. The number of aromatic nitrogens is 2. The monoisotopic (exact) mass is 272 g/mol. The van der Waals surface area contributed by atoms with Gasteiger partial charge in [0.25, 0.3) is 0 Å². The molecule has 1 heterocycles. The fraction of sp³-hybridized carbons (Fsp3) is 0.0833. The minimum absolute atomic E-state index is 0.0611. The first kappa shape index (κ1) is 11.7. The van der Waals surface area contributed by atoms with Crippen LogP contribution in [0.2, 0.25) is 0 Å². The van der Waals surface area contributed by atoms with Gasteiger partial charge in [0, 0.05) is 22.7 Å². The second-order valence-corrected chi connectivity index (χ2v) is 4.63. The topological polar surface area (TPSA) is 87.8 Å². The number of allylic oxidation sites excluding steroid dienone is 1. The lowest BCUT2D eigenvalue weighted by atomic mass is 10.1. The molecule has 7 heteroatoms. The minimum atomic E-state index is -0.335. The van der Waals surface area contributed by atoms with Gasteiger partial charge in [-0.1, -0.05) is 24.3 Å². The molecule has 0 aliphatic heterocycles. The quantitative estimate of drug-likeness (QED) is 0.851. The number of aliphatic hydroxyl groups is 1. The normalized spacial score (nSPS) is 14.5. The molecular weight excluding hydrogens is 264 g/mol. The highest BCUT2D eigenvalue weighted by molar-refractivity contribution is 7.09. The van der Waals surface area contributed by atoms with Crippen molar-refractivity contribution in [1.29, 1.82) is 0 Å². The Morgan fingerprint density at radius 3 is 2.58 bits per heavy atom. The molecule has 1 aliphatic carbocycles. The van der Waals surface area contributed by atoms with Crippen LogP contribution in [0.5, 0.6) is 0 Å². The molecule has 3 rings (SSSR count). The molecule has 2 aromatic rings. The lowest BCUT2D eigenvalue weighted by molar-refractivity contribution is 0.103.